The van der Waals surface area contributed by atoms with E-state index in [1.54, 1.807) is 0 Å². The van der Waals surface area contributed by atoms with E-state index < -0.39 is 0 Å². The van der Waals surface area contributed by atoms with Crippen LogP contribution in [-0.4, -0.2) is 50.3 Å². The molecule has 0 saturated carbocycles. The van der Waals surface area contributed by atoms with Crippen molar-refractivity contribution in [2.45, 2.75) is 25.8 Å². The second kappa shape index (κ2) is 11.2. The van der Waals surface area contributed by atoms with Crippen molar-refractivity contribution in [2.75, 3.05) is 39.5 Å². The number of ether oxygens (including phenoxy) is 2. The van der Waals surface area contributed by atoms with Gasteiger partial charge >= 0.3 is 0 Å². The third-order valence-corrected chi connectivity index (χ3v) is 5.33. The molecular formula is C23H29ClN2O3. The summed E-state index contributed by atoms with van der Waals surface area (Å²) in [6.45, 7) is 6.44. The van der Waals surface area contributed by atoms with Crippen molar-refractivity contribution < 1.29 is 14.3 Å². The average Bonchev–Trinajstić information content (AvgIpc) is 2.76. The van der Waals surface area contributed by atoms with Gasteiger partial charge in [0.25, 0.3) is 5.91 Å². The lowest BCUT2D eigenvalue weighted by Gasteiger charge is -2.35. The van der Waals surface area contributed by atoms with Gasteiger partial charge in [0.2, 0.25) is 0 Å². The lowest BCUT2D eigenvalue weighted by molar-refractivity contribution is 0.0162. The summed E-state index contributed by atoms with van der Waals surface area (Å²) < 4.78 is 11.1. The van der Waals surface area contributed by atoms with Crippen molar-refractivity contribution in [3.8, 4) is 5.75 Å². The van der Waals surface area contributed by atoms with Crippen molar-refractivity contribution in [2.24, 2.45) is 0 Å². The Kier molecular flexibility index (Phi) is 8.35. The highest BCUT2D eigenvalue weighted by atomic mass is 35.5. The van der Waals surface area contributed by atoms with Crippen molar-refractivity contribution in [3.05, 3.63) is 64.7 Å². The Morgan fingerprint density at radius 3 is 2.48 bits per heavy atom. The molecule has 0 bridgehead atoms. The second-order valence-corrected chi connectivity index (χ2v) is 7.59. The number of unbranched alkanes of at least 4 members (excludes halogenated alkanes) is 1. The Hall–Kier alpha value is -2.08. The molecule has 2 aromatic carbocycles. The quantitative estimate of drug-likeness (QED) is 0.618. The molecule has 1 aliphatic heterocycles. The number of hydrogen-bond acceptors (Lipinski definition) is 4. The number of morpholine rings is 1. The van der Waals surface area contributed by atoms with Crippen LogP contribution < -0.4 is 10.1 Å². The minimum atomic E-state index is -0.0858. The van der Waals surface area contributed by atoms with E-state index in [4.69, 9.17) is 21.1 Å². The van der Waals surface area contributed by atoms with E-state index in [2.05, 4.69) is 17.1 Å². The van der Waals surface area contributed by atoms with Crippen LogP contribution in [0.2, 0.25) is 5.02 Å². The van der Waals surface area contributed by atoms with Gasteiger partial charge in [-0.15, -0.1) is 0 Å². The molecule has 156 valence electrons. The van der Waals surface area contributed by atoms with E-state index in [0.29, 0.717) is 37.0 Å². The number of rotatable bonds is 9. The van der Waals surface area contributed by atoms with Crippen molar-refractivity contribution in [1.29, 1.82) is 0 Å². The number of nitrogens with one attached hydrogen (secondary N) is 1. The fraction of sp³-hybridized carbons (Fsp3) is 0.435. The number of hydrogen-bond donors (Lipinski definition) is 1. The number of benzene rings is 2. The molecule has 1 heterocycles. The van der Waals surface area contributed by atoms with Crippen LogP contribution in [0.4, 0.5) is 0 Å². The van der Waals surface area contributed by atoms with Crippen LogP contribution in [0.25, 0.3) is 0 Å². The molecule has 1 saturated heterocycles. The highest BCUT2D eigenvalue weighted by Gasteiger charge is 2.23. The first-order chi connectivity index (χ1) is 14.2. The summed E-state index contributed by atoms with van der Waals surface area (Å²) in [6, 6.07) is 15.2. The molecule has 29 heavy (non-hydrogen) atoms. The van der Waals surface area contributed by atoms with E-state index in [1.165, 1.54) is 0 Å². The molecule has 0 radical (unpaired) electrons. The van der Waals surface area contributed by atoms with E-state index in [-0.39, 0.29) is 11.9 Å². The lowest BCUT2D eigenvalue weighted by Crippen LogP contribution is -2.43. The summed E-state index contributed by atoms with van der Waals surface area (Å²) in [6.07, 6.45) is 2.12. The standard InChI is InChI=1S/C23H29ClN2O3/c1-2-3-14-29-21-10-6-19(7-11-21)23(27)25-17-22(26-12-15-28-16-13-26)18-4-8-20(24)9-5-18/h4-11,22H,2-3,12-17H2,1H3,(H,25,27)/t22-/m1/s1. The van der Waals surface area contributed by atoms with Crippen molar-refractivity contribution in [1.82, 2.24) is 10.2 Å². The SMILES string of the molecule is CCCCOc1ccc(C(=O)NC[C@H](c2ccc(Cl)cc2)N2CCOCC2)cc1. The topological polar surface area (TPSA) is 50.8 Å². The van der Waals surface area contributed by atoms with Crippen molar-refractivity contribution >= 4 is 17.5 Å². The summed E-state index contributed by atoms with van der Waals surface area (Å²) >= 11 is 6.05. The Morgan fingerprint density at radius 2 is 1.83 bits per heavy atom. The Balaban J connectivity index is 1.62. The molecule has 1 atom stereocenters. The minimum absolute atomic E-state index is 0.0803. The summed E-state index contributed by atoms with van der Waals surface area (Å²) in [5.74, 6) is 0.708. The molecule has 0 unspecified atom stereocenters. The number of amides is 1. The zero-order valence-electron chi connectivity index (χ0n) is 16.9. The van der Waals surface area contributed by atoms with Gasteiger partial charge in [-0.2, -0.15) is 0 Å². The van der Waals surface area contributed by atoms with Crippen LogP contribution in [0.15, 0.2) is 48.5 Å². The average molecular weight is 417 g/mol. The fourth-order valence-electron chi connectivity index (χ4n) is 3.36. The minimum Gasteiger partial charge on any atom is -0.494 e. The number of halogens is 1. The molecule has 1 N–H and O–H groups in total. The van der Waals surface area contributed by atoms with Gasteiger partial charge < -0.3 is 14.8 Å². The maximum Gasteiger partial charge on any atom is 0.251 e. The van der Waals surface area contributed by atoms with Gasteiger partial charge in [-0.05, 0) is 48.4 Å². The Morgan fingerprint density at radius 1 is 1.14 bits per heavy atom. The molecule has 3 rings (SSSR count). The number of carbonyl (C=O) groups excluding carboxylic acids is 1. The van der Waals surface area contributed by atoms with Crippen LogP contribution >= 0.6 is 11.6 Å². The number of carbonyl (C=O) groups is 1. The molecule has 1 fully saturated rings. The predicted octanol–water partition coefficient (Wildman–Crippen LogP) is 4.32. The third kappa shape index (κ3) is 6.46. The van der Waals surface area contributed by atoms with Crippen LogP contribution in [0, 0.1) is 0 Å². The summed E-state index contributed by atoms with van der Waals surface area (Å²) in [5, 5.41) is 3.79. The van der Waals surface area contributed by atoms with E-state index in [1.807, 2.05) is 48.5 Å². The first-order valence-corrected chi connectivity index (χ1v) is 10.6. The molecule has 0 spiro atoms. The third-order valence-electron chi connectivity index (χ3n) is 5.08. The van der Waals surface area contributed by atoms with Gasteiger partial charge in [0.1, 0.15) is 5.75 Å². The Labute approximate surface area is 177 Å². The first-order valence-electron chi connectivity index (χ1n) is 10.3. The zero-order chi connectivity index (χ0) is 20.5. The van der Waals surface area contributed by atoms with Gasteiger partial charge in [-0.3, -0.25) is 9.69 Å². The summed E-state index contributed by atoms with van der Waals surface area (Å²) in [7, 11) is 0. The fourth-order valence-corrected chi connectivity index (χ4v) is 3.49. The summed E-state index contributed by atoms with van der Waals surface area (Å²) in [5.41, 5.74) is 1.76. The lowest BCUT2D eigenvalue weighted by atomic mass is 10.0. The summed E-state index contributed by atoms with van der Waals surface area (Å²) in [4.78, 5) is 15.0. The largest absolute Gasteiger partial charge is 0.494 e. The molecule has 0 aromatic heterocycles. The van der Waals surface area contributed by atoms with E-state index in [0.717, 1.165) is 37.2 Å². The molecule has 1 amide bonds. The molecule has 5 nitrogen and oxygen atoms in total. The normalized spacial score (nSPS) is 15.7. The Bertz CT molecular complexity index is 759. The first kappa shape index (κ1) is 21.6. The van der Waals surface area contributed by atoms with E-state index in [9.17, 15) is 4.79 Å². The molecule has 6 heteroatoms. The molecular weight excluding hydrogens is 388 g/mol. The molecule has 1 aliphatic rings. The van der Waals surface area contributed by atoms with Crippen molar-refractivity contribution in [3.63, 3.8) is 0 Å². The number of nitrogens with zero attached hydrogens (tertiary/aromatic N) is 1. The smallest absolute Gasteiger partial charge is 0.251 e. The van der Waals surface area contributed by atoms with Gasteiger partial charge in [0.05, 0.1) is 25.9 Å². The van der Waals surface area contributed by atoms with Gasteiger partial charge in [-0.25, -0.2) is 0 Å². The van der Waals surface area contributed by atoms with Gasteiger partial charge in [0.15, 0.2) is 0 Å². The highest BCUT2D eigenvalue weighted by Crippen LogP contribution is 2.23. The van der Waals surface area contributed by atoms with Crippen LogP contribution in [0.1, 0.15) is 41.7 Å². The van der Waals surface area contributed by atoms with Gasteiger partial charge in [-0.1, -0.05) is 37.1 Å². The van der Waals surface area contributed by atoms with Crippen LogP contribution in [-0.2, 0) is 4.74 Å². The maximum absolute atomic E-state index is 12.7. The molecule has 0 aliphatic carbocycles. The van der Waals surface area contributed by atoms with E-state index >= 15 is 0 Å². The maximum atomic E-state index is 12.7. The van der Waals surface area contributed by atoms with Gasteiger partial charge in [0, 0.05) is 30.2 Å². The molecule has 2 aromatic rings. The highest BCUT2D eigenvalue weighted by molar-refractivity contribution is 6.30. The second-order valence-electron chi connectivity index (χ2n) is 7.15. The predicted molar refractivity (Wildman–Crippen MR) is 116 cm³/mol. The monoisotopic (exact) mass is 416 g/mol. The zero-order valence-corrected chi connectivity index (χ0v) is 17.7. The van der Waals surface area contributed by atoms with Crippen LogP contribution in [0.5, 0.6) is 5.75 Å². The van der Waals surface area contributed by atoms with Crippen LogP contribution in [0.3, 0.4) is 0 Å².